The van der Waals surface area contributed by atoms with Crippen molar-refractivity contribution in [1.82, 2.24) is 0 Å². The molecular weight excluding hydrogens is 314 g/mol. The first-order valence-electron chi connectivity index (χ1n) is 6.35. The monoisotopic (exact) mass is 326 g/mol. The Balaban J connectivity index is 1.54. The first-order valence-corrected chi connectivity index (χ1v) is 7.09. The van der Waals surface area contributed by atoms with Gasteiger partial charge in [0.15, 0.2) is 0 Å². The lowest BCUT2D eigenvalue weighted by Crippen LogP contribution is -2.34. The fourth-order valence-corrected chi connectivity index (χ4v) is 3.90. The molecule has 0 aromatic carbocycles. The molecule has 3 aliphatic rings. The van der Waals surface area contributed by atoms with Crippen LogP contribution in [0.25, 0.3) is 0 Å². The zero-order valence-electron chi connectivity index (χ0n) is 10.6. The summed E-state index contributed by atoms with van der Waals surface area (Å²) in [6.07, 6.45) is 1.12. The highest BCUT2D eigenvalue weighted by Crippen LogP contribution is 2.57. The van der Waals surface area contributed by atoms with Crippen LogP contribution in [0.3, 0.4) is 0 Å². The maximum absolute atomic E-state index is 13.2. The Morgan fingerprint density at radius 1 is 1.48 bits per heavy atom. The van der Waals surface area contributed by atoms with Crippen molar-refractivity contribution in [2.45, 2.75) is 24.2 Å². The van der Waals surface area contributed by atoms with E-state index in [1.54, 1.807) is 0 Å². The molecule has 118 valence electrons. The second-order valence-corrected chi connectivity index (χ2v) is 6.22. The van der Waals surface area contributed by atoms with E-state index in [2.05, 4.69) is 14.1 Å². The van der Waals surface area contributed by atoms with Crippen LogP contribution >= 0.6 is 12.0 Å². The Morgan fingerprint density at radius 3 is 2.95 bits per heavy atom. The van der Waals surface area contributed by atoms with Crippen LogP contribution in [-0.4, -0.2) is 35.2 Å². The second kappa shape index (κ2) is 5.34. The fraction of sp³-hybridized carbons (Fsp3) is 0.818. The summed E-state index contributed by atoms with van der Waals surface area (Å²) in [7, 11) is 0. The number of carbonyl (C=O) groups excluding carboxylic acids is 2. The summed E-state index contributed by atoms with van der Waals surface area (Å²) in [6, 6.07) is 0. The van der Waals surface area contributed by atoms with Gasteiger partial charge in [-0.3, -0.25) is 4.79 Å². The molecular formula is C11H12F2O7S. The van der Waals surface area contributed by atoms with Gasteiger partial charge in [-0.25, -0.2) is 10.1 Å². The van der Waals surface area contributed by atoms with Crippen molar-refractivity contribution in [2.75, 3.05) is 6.61 Å². The molecule has 5 atom stereocenters. The van der Waals surface area contributed by atoms with Gasteiger partial charge in [0.05, 0.1) is 12.5 Å². The Morgan fingerprint density at radius 2 is 2.24 bits per heavy atom. The molecule has 1 saturated heterocycles. The van der Waals surface area contributed by atoms with E-state index in [1.807, 2.05) is 0 Å². The molecule has 2 bridgehead atoms. The van der Waals surface area contributed by atoms with Gasteiger partial charge in [-0.15, -0.1) is 4.33 Å². The molecule has 0 amide bonds. The fourth-order valence-electron chi connectivity index (χ4n) is 3.66. The number of fused-ring (bicyclic) bond motifs is 1. The van der Waals surface area contributed by atoms with Crippen LogP contribution in [0.4, 0.5) is 8.78 Å². The van der Waals surface area contributed by atoms with Crippen LogP contribution in [-0.2, 0) is 28.4 Å². The Kier molecular flexibility index (Phi) is 3.80. The minimum Gasteiger partial charge on any atom is -0.461 e. The number of rotatable bonds is 6. The molecule has 0 aromatic heterocycles. The summed E-state index contributed by atoms with van der Waals surface area (Å²) in [6.45, 7) is -0.235. The first kappa shape index (κ1) is 14.9. The number of hydrogen-bond donors (Lipinski definition) is 1. The quantitative estimate of drug-likeness (QED) is 0.339. The van der Waals surface area contributed by atoms with E-state index >= 15 is 0 Å². The average Bonchev–Trinajstić information content (AvgIpc) is 3.05. The summed E-state index contributed by atoms with van der Waals surface area (Å²) >= 11 is -0.666. The third kappa shape index (κ3) is 2.50. The van der Waals surface area contributed by atoms with Crippen LogP contribution in [0.1, 0.15) is 12.8 Å². The van der Waals surface area contributed by atoms with Crippen molar-refractivity contribution in [3.05, 3.63) is 0 Å². The summed E-state index contributed by atoms with van der Waals surface area (Å²) < 4.78 is 39.8. The van der Waals surface area contributed by atoms with Crippen LogP contribution in [0.2, 0.25) is 0 Å². The highest BCUT2D eigenvalue weighted by Gasteiger charge is 2.62. The van der Waals surface area contributed by atoms with Crippen molar-refractivity contribution in [3.63, 3.8) is 0 Å². The third-order valence-electron chi connectivity index (χ3n) is 4.47. The van der Waals surface area contributed by atoms with Crippen LogP contribution in [0.15, 0.2) is 0 Å². The molecule has 1 N–H and O–H groups in total. The highest BCUT2D eigenvalue weighted by atomic mass is 32.2. The summed E-state index contributed by atoms with van der Waals surface area (Å²) in [5.74, 6) is -2.09. The van der Waals surface area contributed by atoms with E-state index in [1.165, 1.54) is 0 Å². The Labute approximate surface area is 121 Å². The van der Waals surface area contributed by atoms with E-state index in [9.17, 15) is 18.4 Å². The van der Waals surface area contributed by atoms with Gasteiger partial charge in [-0.05, 0) is 18.8 Å². The molecule has 2 aliphatic carbocycles. The van der Waals surface area contributed by atoms with Crippen LogP contribution in [0.5, 0.6) is 0 Å². The zero-order chi connectivity index (χ0) is 15.2. The maximum atomic E-state index is 13.2. The van der Waals surface area contributed by atoms with Gasteiger partial charge in [-0.1, -0.05) is 5.04 Å². The van der Waals surface area contributed by atoms with Gasteiger partial charge in [-0.2, -0.15) is 8.78 Å². The lowest BCUT2D eigenvalue weighted by Gasteiger charge is -2.25. The number of halogens is 2. The van der Waals surface area contributed by atoms with Gasteiger partial charge in [0, 0.05) is 11.8 Å². The molecule has 2 saturated carbocycles. The van der Waals surface area contributed by atoms with Gasteiger partial charge in [0.2, 0.25) is 0 Å². The molecule has 1 heterocycles. The van der Waals surface area contributed by atoms with Gasteiger partial charge in [0.25, 0.3) is 0 Å². The summed E-state index contributed by atoms with van der Waals surface area (Å²) in [5.41, 5.74) is 0. The Bertz CT molecular complexity index is 460. The van der Waals surface area contributed by atoms with Crippen molar-refractivity contribution >= 4 is 24.0 Å². The minimum atomic E-state index is -4.00. The third-order valence-corrected chi connectivity index (χ3v) is 4.97. The molecule has 0 radical (unpaired) electrons. The average molecular weight is 326 g/mol. The molecule has 10 heteroatoms. The SMILES string of the molecule is O=C1OC2C(COC(=O)C(F)(F)SOOO)C3CC1C2C3. The number of hydrogen-bond acceptors (Lipinski definition) is 8. The van der Waals surface area contributed by atoms with E-state index < -0.39 is 23.3 Å². The predicted octanol–water partition coefficient (Wildman–Crippen LogP) is 1.39. The lowest BCUT2D eigenvalue weighted by molar-refractivity contribution is -0.433. The number of esters is 2. The van der Waals surface area contributed by atoms with Gasteiger partial charge < -0.3 is 9.47 Å². The summed E-state index contributed by atoms with van der Waals surface area (Å²) in [5, 5.41) is 6.82. The number of ether oxygens (including phenoxy) is 2. The first-order chi connectivity index (χ1) is 9.94. The van der Waals surface area contributed by atoms with Crippen LogP contribution < -0.4 is 0 Å². The molecule has 5 unspecified atom stereocenters. The van der Waals surface area contributed by atoms with E-state index in [-0.39, 0.29) is 42.4 Å². The molecule has 1 aliphatic heterocycles. The normalized spacial score (nSPS) is 36.9. The molecule has 7 nitrogen and oxygen atoms in total. The van der Waals surface area contributed by atoms with Crippen molar-refractivity contribution < 1.29 is 42.5 Å². The number of alkyl halides is 2. The second-order valence-electron chi connectivity index (χ2n) is 5.41. The van der Waals surface area contributed by atoms with Crippen molar-refractivity contribution in [1.29, 1.82) is 0 Å². The van der Waals surface area contributed by atoms with Crippen molar-refractivity contribution in [2.24, 2.45) is 23.7 Å². The molecule has 0 spiro atoms. The Hall–Kier alpha value is -0.970. The molecule has 21 heavy (non-hydrogen) atoms. The summed E-state index contributed by atoms with van der Waals surface area (Å²) in [4.78, 5) is 22.8. The molecule has 0 aromatic rings. The van der Waals surface area contributed by atoms with Gasteiger partial charge in [0.1, 0.15) is 18.1 Å². The predicted molar refractivity (Wildman–Crippen MR) is 61.4 cm³/mol. The topological polar surface area (TPSA) is 91.3 Å². The van der Waals surface area contributed by atoms with E-state index in [0.717, 1.165) is 6.42 Å². The zero-order valence-corrected chi connectivity index (χ0v) is 11.4. The standard InChI is InChI=1S/C11H12F2O7S/c12-11(13,21-20-19-16)10(15)17-3-7-4-1-5-6(2-4)9(14)18-8(5)7/h4-8,16H,1-3H2. The van der Waals surface area contributed by atoms with Gasteiger partial charge >= 0.3 is 17.2 Å². The number of carbonyl (C=O) groups is 2. The minimum absolute atomic E-state index is 0.0842. The highest BCUT2D eigenvalue weighted by molar-refractivity contribution is 7.96. The lowest BCUT2D eigenvalue weighted by atomic mass is 9.83. The smallest absolute Gasteiger partial charge is 0.415 e. The molecule has 3 fully saturated rings. The van der Waals surface area contributed by atoms with Crippen LogP contribution in [0, 0.1) is 23.7 Å². The maximum Gasteiger partial charge on any atom is 0.415 e. The van der Waals surface area contributed by atoms with Crippen molar-refractivity contribution in [3.8, 4) is 0 Å². The molecule has 3 rings (SSSR count). The van der Waals surface area contributed by atoms with E-state index in [0.29, 0.717) is 6.42 Å². The van der Waals surface area contributed by atoms with E-state index in [4.69, 9.17) is 9.99 Å². The largest absolute Gasteiger partial charge is 0.461 e.